The topological polar surface area (TPSA) is 125 Å². The van der Waals surface area contributed by atoms with Crippen molar-refractivity contribution in [2.45, 2.75) is 19.8 Å². The predicted molar refractivity (Wildman–Crippen MR) is 124 cm³/mol. The standard InChI is InChI=1S/C24H22N6O3/c1-16-4-2-3-5-20(16)22-8-9-23(28-27-22)29-12-10-17(11-13-29)24(31)26-21-7-6-19(30(32)33)14-18(21)15-25/h2-9,14,17H,10-13H2,1H3,(H,26,31). The molecule has 0 radical (unpaired) electrons. The molecule has 3 aromatic rings. The minimum absolute atomic E-state index is 0.0685. The summed E-state index contributed by atoms with van der Waals surface area (Å²) in [7, 11) is 0. The first-order chi connectivity index (χ1) is 16.0. The van der Waals surface area contributed by atoms with Crippen LogP contribution in [0.1, 0.15) is 24.0 Å². The number of nitrogens with zero attached hydrogens (tertiary/aromatic N) is 5. The minimum atomic E-state index is -0.571. The molecule has 1 aliphatic heterocycles. The van der Waals surface area contributed by atoms with Crippen LogP contribution in [0.15, 0.2) is 54.6 Å². The molecule has 1 saturated heterocycles. The van der Waals surface area contributed by atoms with E-state index in [2.05, 4.69) is 20.4 Å². The number of hydrogen-bond donors (Lipinski definition) is 1. The molecule has 9 nitrogen and oxygen atoms in total. The molecule has 1 aromatic heterocycles. The van der Waals surface area contributed by atoms with Crippen LogP contribution in [0.4, 0.5) is 17.2 Å². The summed E-state index contributed by atoms with van der Waals surface area (Å²) < 4.78 is 0. The van der Waals surface area contributed by atoms with Gasteiger partial charge >= 0.3 is 0 Å². The van der Waals surface area contributed by atoms with Gasteiger partial charge in [0, 0.05) is 36.7 Å². The molecule has 0 bridgehead atoms. The van der Waals surface area contributed by atoms with Gasteiger partial charge in [-0.2, -0.15) is 5.26 Å². The highest BCUT2D eigenvalue weighted by atomic mass is 16.6. The Balaban J connectivity index is 1.37. The number of aromatic nitrogens is 2. The zero-order valence-corrected chi connectivity index (χ0v) is 18.1. The van der Waals surface area contributed by atoms with Crippen molar-refractivity contribution >= 4 is 23.1 Å². The average molecular weight is 442 g/mol. The van der Waals surface area contributed by atoms with E-state index in [1.54, 1.807) is 0 Å². The van der Waals surface area contributed by atoms with E-state index >= 15 is 0 Å². The maximum Gasteiger partial charge on any atom is 0.270 e. The number of nitriles is 1. The number of hydrogen-bond acceptors (Lipinski definition) is 7. The van der Waals surface area contributed by atoms with Crippen LogP contribution in [0.5, 0.6) is 0 Å². The molecule has 0 spiro atoms. The SMILES string of the molecule is Cc1ccccc1-c1ccc(N2CCC(C(=O)Nc3ccc([N+](=O)[O-])cc3C#N)CC2)nn1. The molecule has 2 heterocycles. The number of nitro groups is 1. The Hall–Kier alpha value is -4.32. The number of rotatable bonds is 5. The monoisotopic (exact) mass is 442 g/mol. The van der Waals surface area contributed by atoms with Crippen molar-refractivity contribution in [3.63, 3.8) is 0 Å². The van der Waals surface area contributed by atoms with Gasteiger partial charge in [0.1, 0.15) is 6.07 Å². The van der Waals surface area contributed by atoms with Gasteiger partial charge in [-0.25, -0.2) is 0 Å². The summed E-state index contributed by atoms with van der Waals surface area (Å²) in [4.78, 5) is 25.2. The second kappa shape index (κ2) is 9.44. The van der Waals surface area contributed by atoms with Crippen LogP contribution in [-0.2, 0) is 4.79 Å². The minimum Gasteiger partial charge on any atom is -0.355 e. The zero-order chi connectivity index (χ0) is 23.4. The van der Waals surface area contributed by atoms with Crippen LogP contribution in [0.3, 0.4) is 0 Å². The van der Waals surface area contributed by atoms with Gasteiger partial charge < -0.3 is 10.2 Å². The third-order valence-corrected chi connectivity index (χ3v) is 5.85. The van der Waals surface area contributed by atoms with Gasteiger partial charge in [-0.3, -0.25) is 14.9 Å². The molecule has 1 fully saturated rings. The molecule has 9 heteroatoms. The molecule has 33 heavy (non-hydrogen) atoms. The number of non-ortho nitro benzene ring substituents is 1. The molecule has 166 valence electrons. The first-order valence-corrected chi connectivity index (χ1v) is 10.6. The second-order valence-corrected chi connectivity index (χ2v) is 7.94. The van der Waals surface area contributed by atoms with Crippen LogP contribution in [0.25, 0.3) is 11.3 Å². The summed E-state index contributed by atoms with van der Waals surface area (Å²) >= 11 is 0. The number of nitro benzene ring substituents is 1. The number of carbonyl (C=O) groups is 1. The van der Waals surface area contributed by atoms with Gasteiger partial charge in [0.05, 0.1) is 21.9 Å². The lowest BCUT2D eigenvalue weighted by Gasteiger charge is -2.31. The van der Waals surface area contributed by atoms with E-state index in [1.807, 2.05) is 49.4 Å². The van der Waals surface area contributed by atoms with E-state index in [0.717, 1.165) is 28.7 Å². The maximum absolute atomic E-state index is 12.7. The molecular formula is C24H22N6O3. The highest BCUT2D eigenvalue weighted by Crippen LogP contribution is 2.27. The Morgan fingerprint density at radius 1 is 1.15 bits per heavy atom. The summed E-state index contributed by atoms with van der Waals surface area (Å²) in [6.07, 6.45) is 1.25. The average Bonchev–Trinajstić information content (AvgIpc) is 2.84. The molecule has 1 amide bonds. The van der Waals surface area contributed by atoms with Crippen molar-refractivity contribution in [2.75, 3.05) is 23.3 Å². The summed E-state index contributed by atoms with van der Waals surface area (Å²) in [5.41, 5.74) is 3.18. The van der Waals surface area contributed by atoms with E-state index in [1.165, 1.54) is 12.1 Å². The van der Waals surface area contributed by atoms with Gasteiger partial charge in [0.2, 0.25) is 5.91 Å². The number of piperidine rings is 1. The van der Waals surface area contributed by atoms with Crippen LogP contribution < -0.4 is 10.2 Å². The van der Waals surface area contributed by atoms with Gasteiger partial charge in [0.25, 0.3) is 5.69 Å². The third-order valence-electron chi connectivity index (χ3n) is 5.85. The molecule has 0 aliphatic carbocycles. The fourth-order valence-electron chi connectivity index (χ4n) is 3.95. The largest absolute Gasteiger partial charge is 0.355 e. The van der Waals surface area contributed by atoms with Crippen molar-refractivity contribution < 1.29 is 9.72 Å². The summed E-state index contributed by atoms with van der Waals surface area (Å²) in [5.74, 6) is 0.358. The number of amides is 1. The summed E-state index contributed by atoms with van der Waals surface area (Å²) in [6.45, 7) is 3.35. The molecule has 4 rings (SSSR count). The lowest BCUT2D eigenvalue weighted by molar-refractivity contribution is -0.384. The zero-order valence-electron chi connectivity index (χ0n) is 18.1. The van der Waals surface area contributed by atoms with E-state index in [4.69, 9.17) is 0 Å². The molecule has 0 saturated carbocycles. The van der Waals surface area contributed by atoms with Gasteiger partial charge in [-0.05, 0) is 43.5 Å². The van der Waals surface area contributed by atoms with Crippen molar-refractivity contribution in [1.82, 2.24) is 10.2 Å². The number of benzene rings is 2. The fraction of sp³-hybridized carbons (Fsp3) is 0.250. The maximum atomic E-state index is 12.7. The molecule has 0 unspecified atom stereocenters. The summed E-state index contributed by atoms with van der Waals surface area (Å²) in [6, 6.07) is 17.7. The molecule has 1 N–H and O–H groups in total. The van der Waals surface area contributed by atoms with Crippen LogP contribution >= 0.6 is 0 Å². The van der Waals surface area contributed by atoms with Crippen LogP contribution in [-0.4, -0.2) is 34.1 Å². The van der Waals surface area contributed by atoms with Crippen molar-refractivity contribution in [3.8, 4) is 17.3 Å². The fourth-order valence-corrected chi connectivity index (χ4v) is 3.95. The van der Waals surface area contributed by atoms with Crippen molar-refractivity contribution in [1.29, 1.82) is 5.26 Å². The number of aryl methyl sites for hydroxylation is 1. The highest BCUT2D eigenvalue weighted by molar-refractivity contribution is 5.94. The van der Waals surface area contributed by atoms with Gasteiger partial charge in [0.15, 0.2) is 5.82 Å². The first kappa shape index (κ1) is 21.9. The Labute approximate surface area is 190 Å². The lowest BCUT2D eigenvalue weighted by Crippen LogP contribution is -2.38. The highest BCUT2D eigenvalue weighted by Gasteiger charge is 2.26. The van der Waals surface area contributed by atoms with E-state index < -0.39 is 4.92 Å². The van der Waals surface area contributed by atoms with Crippen LogP contribution in [0, 0.1) is 34.3 Å². The second-order valence-electron chi connectivity index (χ2n) is 7.94. The van der Waals surface area contributed by atoms with Gasteiger partial charge in [-0.15, -0.1) is 10.2 Å². The van der Waals surface area contributed by atoms with Crippen molar-refractivity contribution in [2.24, 2.45) is 5.92 Å². The van der Waals surface area contributed by atoms with Crippen LogP contribution in [0.2, 0.25) is 0 Å². The molecular weight excluding hydrogens is 420 g/mol. The van der Waals surface area contributed by atoms with Crippen molar-refractivity contribution in [3.05, 3.63) is 75.8 Å². The number of anilines is 2. The lowest BCUT2D eigenvalue weighted by atomic mass is 9.95. The molecule has 0 atom stereocenters. The normalized spacial score (nSPS) is 13.9. The smallest absolute Gasteiger partial charge is 0.270 e. The Bertz CT molecular complexity index is 1230. The molecule has 2 aromatic carbocycles. The number of carbonyl (C=O) groups excluding carboxylic acids is 1. The van der Waals surface area contributed by atoms with Gasteiger partial charge in [-0.1, -0.05) is 24.3 Å². The third kappa shape index (κ3) is 4.80. The Morgan fingerprint density at radius 3 is 2.55 bits per heavy atom. The van der Waals surface area contributed by atoms with E-state index in [-0.39, 0.29) is 28.8 Å². The predicted octanol–water partition coefficient (Wildman–Crippen LogP) is 4.09. The van der Waals surface area contributed by atoms with E-state index in [0.29, 0.717) is 25.9 Å². The summed E-state index contributed by atoms with van der Waals surface area (Å²) in [5, 5.41) is 31.7. The molecule has 1 aliphatic rings. The Kier molecular flexibility index (Phi) is 6.26. The number of nitrogens with one attached hydrogen (secondary N) is 1. The van der Waals surface area contributed by atoms with E-state index in [9.17, 15) is 20.2 Å². The first-order valence-electron chi connectivity index (χ1n) is 10.6. The quantitative estimate of drug-likeness (QED) is 0.466. The Morgan fingerprint density at radius 2 is 1.91 bits per heavy atom.